The van der Waals surface area contributed by atoms with Gasteiger partial charge in [-0.25, -0.2) is 4.79 Å². The van der Waals surface area contributed by atoms with Crippen LogP contribution in [0.3, 0.4) is 0 Å². The number of primary amides is 1. The number of ether oxygens (including phenoxy) is 3. The van der Waals surface area contributed by atoms with E-state index in [1.807, 2.05) is 6.92 Å². The number of fused-ring (bicyclic) bond motifs is 2. The Bertz CT molecular complexity index is 1210. The fourth-order valence-electron chi connectivity index (χ4n) is 4.95. The molecule has 0 fully saturated rings. The van der Waals surface area contributed by atoms with Gasteiger partial charge in [0.2, 0.25) is 11.6 Å². The highest BCUT2D eigenvalue weighted by Gasteiger charge is 2.33. The second kappa shape index (κ2) is 16.0. The first-order valence-corrected chi connectivity index (χ1v) is 13.8. The molecule has 1 heterocycles. The number of Topliss-reactive ketones (excluding diaryl/α,β-unsaturated/α-hetero) is 1. The van der Waals surface area contributed by atoms with E-state index < -0.39 is 53.9 Å². The Morgan fingerprint density at radius 1 is 1.21 bits per heavy atom. The molecule has 2 rings (SSSR count). The third-order valence-corrected chi connectivity index (χ3v) is 7.22. The van der Waals surface area contributed by atoms with Crippen LogP contribution in [0.4, 0.5) is 4.79 Å². The number of nitrogens with one attached hydrogen (secondary N) is 2. The quantitative estimate of drug-likeness (QED) is 0.271. The summed E-state index contributed by atoms with van der Waals surface area (Å²) < 4.78 is 16.6. The van der Waals surface area contributed by atoms with Crippen LogP contribution in [0.2, 0.25) is 0 Å². The SMILES string of the molecule is C=CCNC1=C2C[C@@H](C)C[C@@H](OC)[C@@H](O)[C@H](C)C=C(C)[C@H](OC(N)=O)[C@H](OC)C=CC=C(C)C(=O)NC(=CC1=O)C2=O. The average molecular weight is 586 g/mol. The summed E-state index contributed by atoms with van der Waals surface area (Å²) in [5, 5.41) is 16.7. The molecule has 0 radical (unpaired) electrons. The van der Waals surface area contributed by atoms with E-state index >= 15 is 0 Å². The topological polar surface area (TPSA) is 166 Å². The minimum absolute atomic E-state index is 0.132. The second-order valence-electron chi connectivity index (χ2n) is 10.6. The maximum absolute atomic E-state index is 13.5. The van der Waals surface area contributed by atoms with Crippen LogP contribution >= 0.6 is 0 Å². The molecule has 1 aliphatic heterocycles. The van der Waals surface area contributed by atoms with Crippen LogP contribution in [0.15, 0.2) is 71.1 Å². The monoisotopic (exact) mass is 585 g/mol. The van der Waals surface area contributed by atoms with E-state index in [1.54, 1.807) is 45.1 Å². The first-order chi connectivity index (χ1) is 19.8. The van der Waals surface area contributed by atoms with Crippen molar-refractivity contribution in [3.05, 3.63) is 71.1 Å². The minimum Gasteiger partial charge on any atom is -0.439 e. The Labute approximate surface area is 247 Å². The lowest BCUT2D eigenvalue weighted by Gasteiger charge is -2.30. The fraction of sp³-hybridized carbons (Fsp3) is 0.484. The molecule has 0 aromatic rings. The molecule has 2 amide bonds. The first-order valence-electron chi connectivity index (χ1n) is 13.8. The summed E-state index contributed by atoms with van der Waals surface area (Å²) in [5.41, 5.74) is 6.42. The number of nitrogens with two attached hydrogens (primary N) is 1. The number of carbonyl (C=O) groups is 4. The van der Waals surface area contributed by atoms with E-state index in [1.165, 1.54) is 20.3 Å². The van der Waals surface area contributed by atoms with Gasteiger partial charge in [0, 0.05) is 43.9 Å². The van der Waals surface area contributed by atoms with E-state index in [2.05, 4.69) is 17.2 Å². The van der Waals surface area contributed by atoms with Gasteiger partial charge in [0.05, 0.1) is 23.6 Å². The second-order valence-corrected chi connectivity index (χ2v) is 10.6. The summed E-state index contributed by atoms with van der Waals surface area (Å²) in [6, 6.07) is 0. The third kappa shape index (κ3) is 9.10. The molecule has 6 atom stereocenters. The van der Waals surface area contributed by atoms with Gasteiger partial charge in [-0.05, 0) is 38.2 Å². The molecular formula is C31H43N3O8. The Morgan fingerprint density at radius 2 is 1.90 bits per heavy atom. The Hall–Kier alpha value is -3.80. The number of methoxy groups -OCH3 is 2. The average Bonchev–Trinajstić information content (AvgIpc) is 2.94. The zero-order valence-corrected chi connectivity index (χ0v) is 25.1. The van der Waals surface area contributed by atoms with Gasteiger partial charge >= 0.3 is 6.09 Å². The number of carbonyl (C=O) groups excluding carboxylic acids is 4. The van der Waals surface area contributed by atoms with Crippen LogP contribution in [0.25, 0.3) is 0 Å². The molecule has 0 unspecified atom stereocenters. The Balaban J connectivity index is 2.62. The number of rotatable bonds is 6. The van der Waals surface area contributed by atoms with Crippen LogP contribution in [-0.2, 0) is 28.6 Å². The summed E-state index contributed by atoms with van der Waals surface area (Å²) >= 11 is 0. The number of aliphatic hydroxyl groups excluding tert-OH is 1. The predicted molar refractivity (Wildman–Crippen MR) is 158 cm³/mol. The van der Waals surface area contributed by atoms with Gasteiger partial charge in [0.1, 0.15) is 6.10 Å². The van der Waals surface area contributed by atoms with Gasteiger partial charge < -0.3 is 35.7 Å². The summed E-state index contributed by atoms with van der Waals surface area (Å²) in [6.07, 6.45) is 5.34. The van der Waals surface area contributed by atoms with Crippen molar-refractivity contribution in [3.63, 3.8) is 0 Å². The minimum atomic E-state index is -1.00. The summed E-state index contributed by atoms with van der Waals surface area (Å²) in [4.78, 5) is 51.3. The molecule has 5 N–H and O–H groups in total. The zero-order chi connectivity index (χ0) is 31.6. The molecule has 11 heteroatoms. The summed E-state index contributed by atoms with van der Waals surface area (Å²) in [7, 11) is 2.92. The number of aliphatic hydroxyl groups is 1. The Kier molecular flexibility index (Phi) is 13.1. The first kappa shape index (κ1) is 34.4. The van der Waals surface area contributed by atoms with E-state index in [0.29, 0.717) is 12.0 Å². The largest absolute Gasteiger partial charge is 0.439 e. The number of allylic oxidation sites excluding steroid dienone is 4. The van der Waals surface area contributed by atoms with Crippen molar-refractivity contribution < 1.29 is 38.5 Å². The van der Waals surface area contributed by atoms with Crippen molar-refractivity contribution >= 4 is 23.6 Å². The van der Waals surface area contributed by atoms with Crippen LogP contribution < -0.4 is 16.4 Å². The maximum Gasteiger partial charge on any atom is 0.405 e. The molecule has 0 aromatic heterocycles. The van der Waals surface area contributed by atoms with Gasteiger partial charge in [-0.15, -0.1) is 6.58 Å². The number of amides is 2. The van der Waals surface area contributed by atoms with Gasteiger partial charge in [-0.1, -0.05) is 44.2 Å². The van der Waals surface area contributed by atoms with Crippen molar-refractivity contribution in [2.75, 3.05) is 20.8 Å². The molecule has 0 saturated heterocycles. The smallest absolute Gasteiger partial charge is 0.405 e. The van der Waals surface area contributed by atoms with E-state index in [-0.39, 0.29) is 41.4 Å². The molecule has 2 bridgehead atoms. The third-order valence-electron chi connectivity index (χ3n) is 7.22. The van der Waals surface area contributed by atoms with E-state index in [0.717, 1.165) is 6.08 Å². The highest BCUT2D eigenvalue weighted by Crippen LogP contribution is 2.28. The van der Waals surface area contributed by atoms with Crippen LogP contribution in [0, 0.1) is 11.8 Å². The molecule has 0 spiro atoms. The lowest BCUT2D eigenvalue weighted by molar-refractivity contribution is -0.120. The van der Waals surface area contributed by atoms with E-state index in [4.69, 9.17) is 19.9 Å². The Morgan fingerprint density at radius 3 is 2.50 bits per heavy atom. The van der Waals surface area contributed by atoms with Crippen LogP contribution in [0.5, 0.6) is 0 Å². The van der Waals surface area contributed by atoms with Crippen LogP contribution in [-0.4, -0.2) is 73.9 Å². The highest BCUT2D eigenvalue weighted by molar-refractivity contribution is 6.23. The highest BCUT2D eigenvalue weighted by atomic mass is 16.6. The number of hydrogen-bond acceptors (Lipinski definition) is 9. The van der Waals surface area contributed by atoms with Crippen molar-refractivity contribution in [3.8, 4) is 0 Å². The molecular weight excluding hydrogens is 542 g/mol. The molecule has 1 aliphatic carbocycles. The maximum atomic E-state index is 13.5. The fourth-order valence-corrected chi connectivity index (χ4v) is 4.95. The molecule has 230 valence electrons. The molecule has 11 nitrogen and oxygen atoms in total. The predicted octanol–water partition coefficient (Wildman–Crippen LogP) is 2.54. The van der Waals surface area contributed by atoms with Crippen molar-refractivity contribution in [1.29, 1.82) is 0 Å². The standard InChI is InChI=1S/C31H43N3O8/c1-8-12-33-26-21-13-17(2)14-25(41-7)27(36)19(4)15-20(5)29(42-31(32)39)24(40-6)11-9-10-18(3)30(38)34-22(28(21)37)16-23(26)35/h8-11,15-17,19,24-25,27,29,33,36H,1,12-14H2,2-7H3,(H2,32,39)(H,34,38)/t17-,19-,24-,25-,27+,29+/m1/s1. The van der Waals surface area contributed by atoms with Gasteiger partial charge in [0.25, 0.3) is 5.91 Å². The lowest BCUT2D eigenvalue weighted by atomic mass is 9.85. The van der Waals surface area contributed by atoms with Crippen molar-refractivity contribution in [2.24, 2.45) is 17.6 Å². The van der Waals surface area contributed by atoms with Gasteiger partial charge in [-0.2, -0.15) is 0 Å². The van der Waals surface area contributed by atoms with E-state index in [9.17, 15) is 24.3 Å². The number of ketones is 2. The number of hydrogen-bond donors (Lipinski definition) is 4. The summed E-state index contributed by atoms with van der Waals surface area (Å²) in [5.74, 6) is -2.14. The van der Waals surface area contributed by atoms with Gasteiger partial charge in [-0.3, -0.25) is 14.4 Å². The molecule has 0 aromatic carbocycles. The van der Waals surface area contributed by atoms with Crippen molar-refractivity contribution in [1.82, 2.24) is 10.6 Å². The molecule has 2 aliphatic rings. The zero-order valence-electron chi connectivity index (χ0n) is 25.1. The normalized spacial score (nSPS) is 28.4. The van der Waals surface area contributed by atoms with Crippen LogP contribution in [0.1, 0.15) is 40.5 Å². The molecule has 0 saturated carbocycles. The molecule has 42 heavy (non-hydrogen) atoms. The van der Waals surface area contributed by atoms with Gasteiger partial charge in [0.15, 0.2) is 6.10 Å². The summed E-state index contributed by atoms with van der Waals surface area (Å²) in [6.45, 7) is 10.9. The lowest BCUT2D eigenvalue weighted by Crippen LogP contribution is -2.37. The van der Waals surface area contributed by atoms with Crippen molar-refractivity contribution in [2.45, 2.75) is 65.0 Å².